The van der Waals surface area contributed by atoms with Gasteiger partial charge in [0.05, 0.1) is 0 Å². The van der Waals surface area contributed by atoms with Gasteiger partial charge in [0.15, 0.2) is 0 Å². The van der Waals surface area contributed by atoms with E-state index < -0.39 is 0 Å². The molecule has 0 aromatic heterocycles. The fraction of sp³-hybridized carbons (Fsp3) is 0.375. The van der Waals surface area contributed by atoms with Gasteiger partial charge in [-0.1, -0.05) is 54.6 Å². The summed E-state index contributed by atoms with van der Waals surface area (Å²) < 4.78 is 0. The first kappa shape index (κ1) is 8.81. The molecule has 3 aliphatic carbocycles. The molecule has 4 rings (SSSR count). The number of rotatable bonds is 1. The molecular formula is C16H16. The van der Waals surface area contributed by atoms with Crippen molar-refractivity contribution in [3.05, 3.63) is 60.2 Å². The van der Waals surface area contributed by atoms with E-state index in [1.165, 1.54) is 6.42 Å². The number of benzene rings is 1. The average molecular weight is 208 g/mol. The van der Waals surface area contributed by atoms with Gasteiger partial charge in [-0.05, 0) is 41.6 Å². The zero-order valence-electron chi connectivity index (χ0n) is 9.29. The molecule has 0 radical (unpaired) electrons. The maximum absolute atomic E-state index is 2.48. The van der Waals surface area contributed by atoms with E-state index in [-0.39, 0.29) is 0 Å². The molecule has 0 saturated heterocycles. The first-order chi connectivity index (χ1) is 7.95. The third-order valence-corrected chi connectivity index (χ3v) is 4.77. The second-order valence-corrected chi connectivity index (χ2v) is 5.38. The fourth-order valence-electron chi connectivity index (χ4n) is 4.17. The van der Waals surface area contributed by atoms with Gasteiger partial charge in [-0.15, -0.1) is 0 Å². The second-order valence-electron chi connectivity index (χ2n) is 5.38. The van der Waals surface area contributed by atoms with Gasteiger partial charge in [-0.25, -0.2) is 0 Å². The Morgan fingerprint density at radius 1 is 0.812 bits per heavy atom. The van der Waals surface area contributed by atoms with Crippen molar-refractivity contribution in [1.29, 1.82) is 0 Å². The highest BCUT2D eigenvalue weighted by Gasteiger charge is 2.51. The molecule has 0 aliphatic heterocycles. The summed E-state index contributed by atoms with van der Waals surface area (Å²) in [5.41, 5.74) is 1.55. The molecule has 80 valence electrons. The maximum atomic E-state index is 2.48. The molecule has 16 heavy (non-hydrogen) atoms. The van der Waals surface area contributed by atoms with E-state index in [4.69, 9.17) is 0 Å². The van der Waals surface area contributed by atoms with E-state index in [1.54, 1.807) is 5.56 Å². The van der Waals surface area contributed by atoms with Crippen LogP contribution in [0.1, 0.15) is 17.9 Å². The van der Waals surface area contributed by atoms with E-state index in [0.29, 0.717) is 0 Å². The zero-order chi connectivity index (χ0) is 10.5. The van der Waals surface area contributed by atoms with Crippen LogP contribution in [-0.2, 0) is 0 Å². The number of fused-ring (bicyclic) bond motifs is 5. The Morgan fingerprint density at radius 3 is 2.44 bits per heavy atom. The van der Waals surface area contributed by atoms with Crippen LogP contribution in [0.5, 0.6) is 0 Å². The lowest BCUT2D eigenvalue weighted by Gasteiger charge is -2.19. The van der Waals surface area contributed by atoms with Crippen LogP contribution in [0.15, 0.2) is 54.6 Å². The summed E-state index contributed by atoms with van der Waals surface area (Å²) in [7, 11) is 0. The minimum Gasteiger partial charge on any atom is -0.0879 e. The average Bonchev–Trinajstić information content (AvgIpc) is 3.02. The van der Waals surface area contributed by atoms with Crippen LogP contribution in [-0.4, -0.2) is 0 Å². The predicted octanol–water partition coefficient (Wildman–Crippen LogP) is 3.78. The molecule has 1 aromatic carbocycles. The summed E-state index contributed by atoms with van der Waals surface area (Å²) in [6.45, 7) is 0. The number of hydrogen-bond acceptors (Lipinski definition) is 0. The SMILES string of the molecule is C1=CC2C3C=CC(C2C1)C3c1ccccc1. The molecule has 0 N–H and O–H groups in total. The van der Waals surface area contributed by atoms with Crippen molar-refractivity contribution in [3.63, 3.8) is 0 Å². The molecule has 5 atom stereocenters. The van der Waals surface area contributed by atoms with Crippen molar-refractivity contribution in [2.24, 2.45) is 23.7 Å². The number of allylic oxidation sites excluding steroid dienone is 4. The van der Waals surface area contributed by atoms with Crippen LogP contribution < -0.4 is 0 Å². The summed E-state index contributed by atoms with van der Waals surface area (Å²) in [4.78, 5) is 0. The van der Waals surface area contributed by atoms with Crippen molar-refractivity contribution in [2.45, 2.75) is 12.3 Å². The lowest BCUT2D eigenvalue weighted by molar-refractivity contribution is 0.396. The van der Waals surface area contributed by atoms with Crippen molar-refractivity contribution < 1.29 is 0 Å². The highest BCUT2D eigenvalue weighted by Crippen LogP contribution is 2.59. The molecule has 1 aromatic rings. The highest BCUT2D eigenvalue weighted by atomic mass is 14.5. The third kappa shape index (κ3) is 1.000. The molecule has 3 aliphatic rings. The Balaban J connectivity index is 1.76. The van der Waals surface area contributed by atoms with Crippen LogP contribution in [0.25, 0.3) is 0 Å². The molecule has 0 amide bonds. The quantitative estimate of drug-likeness (QED) is 0.616. The molecule has 0 nitrogen and oxygen atoms in total. The monoisotopic (exact) mass is 208 g/mol. The Morgan fingerprint density at radius 2 is 1.62 bits per heavy atom. The van der Waals surface area contributed by atoms with Gasteiger partial charge < -0.3 is 0 Å². The smallest absolute Gasteiger partial charge is 0.00273 e. The summed E-state index contributed by atoms with van der Waals surface area (Å²) in [5.74, 6) is 4.07. The highest BCUT2D eigenvalue weighted by molar-refractivity contribution is 5.35. The predicted molar refractivity (Wildman–Crippen MR) is 66.0 cm³/mol. The van der Waals surface area contributed by atoms with Gasteiger partial charge in [0, 0.05) is 0 Å². The largest absolute Gasteiger partial charge is 0.0879 e. The first-order valence-corrected chi connectivity index (χ1v) is 6.35. The van der Waals surface area contributed by atoms with Crippen molar-refractivity contribution in [3.8, 4) is 0 Å². The van der Waals surface area contributed by atoms with Gasteiger partial charge in [-0.3, -0.25) is 0 Å². The fourth-order valence-corrected chi connectivity index (χ4v) is 4.17. The summed E-state index contributed by atoms with van der Waals surface area (Å²) in [5, 5.41) is 0. The van der Waals surface area contributed by atoms with Crippen molar-refractivity contribution >= 4 is 0 Å². The van der Waals surface area contributed by atoms with Crippen LogP contribution in [0, 0.1) is 23.7 Å². The van der Waals surface area contributed by atoms with Gasteiger partial charge >= 0.3 is 0 Å². The molecule has 0 spiro atoms. The van der Waals surface area contributed by atoms with Gasteiger partial charge in [-0.2, -0.15) is 0 Å². The second kappa shape index (κ2) is 3.10. The molecular weight excluding hydrogens is 192 g/mol. The standard InChI is InChI=1S/C16H16/c1-2-5-11(6-3-1)16-14-9-10-15(16)13-8-4-7-12(13)14/h1-7,9-10,12-16H,8H2. The van der Waals surface area contributed by atoms with Gasteiger partial charge in [0.2, 0.25) is 0 Å². The summed E-state index contributed by atoms with van der Waals surface area (Å²) in [6.07, 6.45) is 11.1. The number of hydrogen-bond donors (Lipinski definition) is 0. The molecule has 1 fully saturated rings. The Bertz CT molecular complexity index is 454. The third-order valence-electron chi connectivity index (χ3n) is 4.77. The zero-order valence-corrected chi connectivity index (χ0v) is 9.29. The van der Waals surface area contributed by atoms with Crippen LogP contribution in [0.3, 0.4) is 0 Å². The van der Waals surface area contributed by atoms with E-state index in [0.717, 1.165) is 29.6 Å². The minimum atomic E-state index is 0.765. The lowest BCUT2D eigenvalue weighted by atomic mass is 9.85. The minimum absolute atomic E-state index is 0.765. The molecule has 0 heteroatoms. The van der Waals surface area contributed by atoms with Crippen molar-refractivity contribution in [2.75, 3.05) is 0 Å². The Labute approximate surface area is 96.7 Å². The molecule has 5 unspecified atom stereocenters. The van der Waals surface area contributed by atoms with Crippen LogP contribution in [0.2, 0.25) is 0 Å². The van der Waals surface area contributed by atoms with Crippen LogP contribution >= 0.6 is 0 Å². The lowest BCUT2D eigenvalue weighted by Crippen LogP contribution is -2.12. The van der Waals surface area contributed by atoms with E-state index in [9.17, 15) is 0 Å². The molecule has 0 heterocycles. The Hall–Kier alpha value is -1.30. The van der Waals surface area contributed by atoms with E-state index in [2.05, 4.69) is 54.6 Å². The van der Waals surface area contributed by atoms with E-state index >= 15 is 0 Å². The van der Waals surface area contributed by atoms with Crippen molar-refractivity contribution in [1.82, 2.24) is 0 Å². The maximum Gasteiger partial charge on any atom is -0.00273 e. The Kier molecular flexibility index (Phi) is 1.71. The molecule has 2 bridgehead atoms. The first-order valence-electron chi connectivity index (χ1n) is 6.35. The van der Waals surface area contributed by atoms with Gasteiger partial charge in [0.1, 0.15) is 0 Å². The summed E-state index contributed by atoms with van der Waals surface area (Å²) in [6, 6.07) is 11.1. The van der Waals surface area contributed by atoms with Crippen LogP contribution in [0.4, 0.5) is 0 Å². The van der Waals surface area contributed by atoms with E-state index in [1.807, 2.05) is 0 Å². The topological polar surface area (TPSA) is 0 Å². The summed E-state index contributed by atoms with van der Waals surface area (Å²) >= 11 is 0. The van der Waals surface area contributed by atoms with Gasteiger partial charge in [0.25, 0.3) is 0 Å². The normalized spacial score (nSPS) is 42.9. The molecule has 1 saturated carbocycles.